The molecule has 0 saturated heterocycles. The molecule has 1 saturated carbocycles. The van der Waals surface area contributed by atoms with Gasteiger partial charge >= 0.3 is 0 Å². The molecule has 0 aliphatic heterocycles. The SMILES string of the molecule is COc1ccc(N)c(N(C)C2CC2)c1. The van der Waals surface area contributed by atoms with E-state index in [2.05, 4.69) is 11.9 Å². The van der Waals surface area contributed by atoms with Crippen molar-refractivity contribution in [3.8, 4) is 5.75 Å². The third kappa shape index (κ3) is 1.62. The summed E-state index contributed by atoms with van der Waals surface area (Å²) in [6.07, 6.45) is 2.54. The van der Waals surface area contributed by atoms with Gasteiger partial charge in [-0.3, -0.25) is 0 Å². The first kappa shape index (κ1) is 9.19. The predicted molar refractivity (Wildman–Crippen MR) is 58.8 cm³/mol. The minimum absolute atomic E-state index is 0.671. The molecule has 0 spiro atoms. The number of nitrogen functional groups attached to an aromatic ring is 1. The molecule has 3 nitrogen and oxygen atoms in total. The highest BCUT2D eigenvalue weighted by Gasteiger charge is 2.27. The lowest BCUT2D eigenvalue weighted by Gasteiger charge is -2.21. The van der Waals surface area contributed by atoms with Gasteiger partial charge < -0.3 is 15.4 Å². The van der Waals surface area contributed by atoms with Gasteiger partial charge in [-0.1, -0.05) is 0 Å². The number of ether oxygens (including phenoxy) is 1. The predicted octanol–water partition coefficient (Wildman–Crippen LogP) is 1.88. The van der Waals surface area contributed by atoms with Crippen LogP contribution in [0.1, 0.15) is 12.8 Å². The van der Waals surface area contributed by atoms with Crippen LogP contribution in [0, 0.1) is 0 Å². The Morgan fingerprint density at radius 2 is 2.14 bits per heavy atom. The lowest BCUT2D eigenvalue weighted by molar-refractivity contribution is 0.415. The van der Waals surface area contributed by atoms with E-state index in [4.69, 9.17) is 10.5 Å². The van der Waals surface area contributed by atoms with E-state index in [1.54, 1.807) is 7.11 Å². The van der Waals surface area contributed by atoms with Gasteiger partial charge in [0.25, 0.3) is 0 Å². The lowest BCUT2D eigenvalue weighted by Crippen LogP contribution is -2.20. The number of hydrogen-bond donors (Lipinski definition) is 1. The summed E-state index contributed by atoms with van der Waals surface area (Å²) in [6, 6.07) is 6.45. The van der Waals surface area contributed by atoms with Crippen LogP contribution in [0.2, 0.25) is 0 Å². The van der Waals surface area contributed by atoms with E-state index in [1.807, 2.05) is 18.2 Å². The molecule has 0 radical (unpaired) electrons. The number of anilines is 2. The Morgan fingerprint density at radius 1 is 1.43 bits per heavy atom. The van der Waals surface area contributed by atoms with E-state index in [9.17, 15) is 0 Å². The Bertz CT molecular complexity index is 334. The Labute approximate surface area is 84.5 Å². The van der Waals surface area contributed by atoms with Crippen molar-refractivity contribution in [2.75, 3.05) is 24.8 Å². The Morgan fingerprint density at radius 3 is 2.71 bits per heavy atom. The molecule has 1 aromatic rings. The van der Waals surface area contributed by atoms with E-state index in [-0.39, 0.29) is 0 Å². The molecule has 0 aromatic heterocycles. The third-order valence-corrected chi connectivity index (χ3v) is 2.71. The number of nitrogens with zero attached hydrogens (tertiary/aromatic N) is 1. The molecule has 0 amide bonds. The van der Waals surface area contributed by atoms with Crippen LogP contribution < -0.4 is 15.4 Å². The second-order valence-electron chi connectivity index (χ2n) is 3.77. The molecule has 3 heteroatoms. The second kappa shape index (κ2) is 3.40. The van der Waals surface area contributed by atoms with Crippen molar-refractivity contribution in [1.29, 1.82) is 0 Å². The third-order valence-electron chi connectivity index (χ3n) is 2.71. The fraction of sp³-hybridized carbons (Fsp3) is 0.455. The highest BCUT2D eigenvalue weighted by atomic mass is 16.5. The summed E-state index contributed by atoms with van der Waals surface area (Å²) in [7, 11) is 3.76. The number of nitrogens with two attached hydrogens (primary N) is 1. The summed E-state index contributed by atoms with van der Waals surface area (Å²) >= 11 is 0. The molecule has 1 aliphatic carbocycles. The number of methoxy groups -OCH3 is 1. The van der Waals surface area contributed by atoms with Crippen molar-refractivity contribution >= 4 is 11.4 Å². The first-order chi connectivity index (χ1) is 6.72. The number of rotatable bonds is 3. The van der Waals surface area contributed by atoms with Crippen LogP contribution in [-0.4, -0.2) is 20.2 Å². The Kier molecular flexibility index (Phi) is 2.23. The normalized spacial score (nSPS) is 15.3. The minimum atomic E-state index is 0.671. The summed E-state index contributed by atoms with van der Waals surface area (Å²) in [5, 5.41) is 0. The van der Waals surface area contributed by atoms with Crippen molar-refractivity contribution in [3.63, 3.8) is 0 Å². The van der Waals surface area contributed by atoms with Gasteiger partial charge in [0, 0.05) is 19.2 Å². The molecule has 0 heterocycles. The second-order valence-corrected chi connectivity index (χ2v) is 3.77. The zero-order chi connectivity index (χ0) is 10.1. The van der Waals surface area contributed by atoms with Crippen LogP contribution in [0.25, 0.3) is 0 Å². The monoisotopic (exact) mass is 192 g/mol. The van der Waals surface area contributed by atoms with Gasteiger partial charge in [0.05, 0.1) is 18.5 Å². The Hall–Kier alpha value is -1.38. The van der Waals surface area contributed by atoms with Gasteiger partial charge in [-0.15, -0.1) is 0 Å². The molecule has 2 rings (SSSR count). The molecule has 1 aliphatic rings. The largest absolute Gasteiger partial charge is 0.497 e. The van der Waals surface area contributed by atoms with Crippen molar-refractivity contribution in [2.24, 2.45) is 0 Å². The summed E-state index contributed by atoms with van der Waals surface area (Å²) in [6.45, 7) is 0. The summed E-state index contributed by atoms with van der Waals surface area (Å²) in [5.74, 6) is 0.863. The van der Waals surface area contributed by atoms with E-state index in [1.165, 1.54) is 12.8 Å². The highest BCUT2D eigenvalue weighted by Crippen LogP contribution is 2.35. The maximum Gasteiger partial charge on any atom is 0.121 e. The minimum Gasteiger partial charge on any atom is -0.497 e. The zero-order valence-corrected chi connectivity index (χ0v) is 8.66. The van der Waals surface area contributed by atoms with Crippen molar-refractivity contribution < 1.29 is 4.74 Å². The molecular weight excluding hydrogens is 176 g/mol. The number of benzene rings is 1. The van der Waals surface area contributed by atoms with Gasteiger partial charge in [0.15, 0.2) is 0 Å². The fourth-order valence-corrected chi connectivity index (χ4v) is 1.61. The Balaban J connectivity index is 2.29. The summed E-state index contributed by atoms with van der Waals surface area (Å²) < 4.78 is 5.18. The quantitative estimate of drug-likeness (QED) is 0.743. The average molecular weight is 192 g/mol. The van der Waals surface area contributed by atoms with Gasteiger partial charge in [-0.2, -0.15) is 0 Å². The molecule has 14 heavy (non-hydrogen) atoms. The standard InChI is InChI=1S/C11H16N2O/c1-13(8-3-4-8)11-7-9(14-2)5-6-10(11)12/h5-8H,3-4,12H2,1-2H3. The molecule has 0 unspecified atom stereocenters. The lowest BCUT2D eigenvalue weighted by atomic mass is 10.2. The maximum absolute atomic E-state index is 5.91. The average Bonchev–Trinajstić information content (AvgIpc) is 3.01. The van der Waals surface area contributed by atoms with Gasteiger partial charge in [-0.25, -0.2) is 0 Å². The molecular formula is C11H16N2O. The van der Waals surface area contributed by atoms with Gasteiger partial charge in [-0.05, 0) is 25.0 Å². The first-order valence-corrected chi connectivity index (χ1v) is 4.88. The van der Waals surface area contributed by atoms with Crippen molar-refractivity contribution in [1.82, 2.24) is 0 Å². The van der Waals surface area contributed by atoms with E-state index >= 15 is 0 Å². The van der Waals surface area contributed by atoms with Gasteiger partial charge in [0.2, 0.25) is 0 Å². The highest BCUT2D eigenvalue weighted by molar-refractivity contribution is 5.70. The van der Waals surface area contributed by atoms with Crippen molar-refractivity contribution in [3.05, 3.63) is 18.2 Å². The first-order valence-electron chi connectivity index (χ1n) is 4.88. The number of hydrogen-bond acceptors (Lipinski definition) is 3. The molecule has 1 fully saturated rings. The van der Waals surface area contributed by atoms with E-state index in [0.29, 0.717) is 6.04 Å². The van der Waals surface area contributed by atoms with E-state index in [0.717, 1.165) is 17.1 Å². The molecule has 76 valence electrons. The molecule has 0 atom stereocenters. The zero-order valence-electron chi connectivity index (χ0n) is 8.66. The van der Waals surface area contributed by atoms with Crippen LogP contribution in [-0.2, 0) is 0 Å². The molecule has 1 aromatic carbocycles. The fourth-order valence-electron chi connectivity index (χ4n) is 1.61. The molecule has 2 N–H and O–H groups in total. The summed E-state index contributed by atoms with van der Waals surface area (Å²) in [4.78, 5) is 2.23. The van der Waals surface area contributed by atoms with Crippen LogP contribution in [0.15, 0.2) is 18.2 Å². The van der Waals surface area contributed by atoms with Crippen molar-refractivity contribution in [2.45, 2.75) is 18.9 Å². The van der Waals surface area contributed by atoms with Crippen LogP contribution >= 0.6 is 0 Å². The topological polar surface area (TPSA) is 38.5 Å². The van der Waals surface area contributed by atoms with E-state index < -0.39 is 0 Å². The smallest absolute Gasteiger partial charge is 0.121 e. The summed E-state index contributed by atoms with van der Waals surface area (Å²) in [5.41, 5.74) is 7.81. The van der Waals surface area contributed by atoms with Crippen LogP contribution in [0.5, 0.6) is 5.75 Å². The molecule has 0 bridgehead atoms. The van der Waals surface area contributed by atoms with Crippen LogP contribution in [0.3, 0.4) is 0 Å². The van der Waals surface area contributed by atoms with Crippen LogP contribution in [0.4, 0.5) is 11.4 Å². The van der Waals surface area contributed by atoms with Gasteiger partial charge in [0.1, 0.15) is 5.75 Å². The maximum atomic E-state index is 5.91.